The van der Waals surface area contributed by atoms with Crippen LogP contribution in [-0.2, 0) is 0 Å². The van der Waals surface area contributed by atoms with Crippen LogP contribution in [0.25, 0.3) is 0 Å². The van der Waals surface area contributed by atoms with E-state index in [1.54, 1.807) is 0 Å². The first kappa shape index (κ1) is 15.8. The monoisotopic (exact) mass is 324 g/mol. The summed E-state index contributed by atoms with van der Waals surface area (Å²) in [7, 11) is 0. The maximum atomic E-state index is 6.68. The van der Waals surface area contributed by atoms with Crippen molar-refractivity contribution in [1.82, 2.24) is 0 Å². The molecule has 1 fully saturated rings. The van der Waals surface area contributed by atoms with Crippen molar-refractivity contribution >= 4 is 29.2 Å². The molecule has 2 aromatic carbocycles. The van der Waals surface area contributed by atoms with Gasteiger partial charge in [0.25, 0.3) is 0 Å². The van der Waals surface area contributed by atoms with Crippen LogP contribution in [0.5, 0.6) is 0 Å². The van der Waals surface area contributed by atoms with Gasteiger partial charge in [0.2, 0.25) is 0 Å². The highest BCUT2D eigenvalue weighted by atomic mass is 35.5. The van der Waals surface area contributed by atoms with E-state index in [2.05, 4.69) is 28.6 Å². The molecule has 1 aliphatic carbocycles. The van der Waals surface area contributed by atoms with Gasteiger partial charge in [-0.15, -0.1) is 11.6 Å². The molecule has 0 saturated heterocycles. The topological polar surface area (TPSA) is 24.4 Å². The molecule has 2 unspecified atom stereocenters. The molecule has 2 aromatic rings. The Hall–Kier alpha value is -2.06. The van der Waals surface area contributed by atoms with Crippen molar-refractivity contribution in [1.29, 1.82) is 0 Å². The molecule has 0 bridgehead atoms. The van der Waals surface area contributed by atoms with Crippen LogP contribution in [0.1, 0.15) is 19.3 Å². The van der Waals surface area contributed by atoms with E-state index in [0.29, 0.717) is 0 Å². The molecule has 23 heavy (non-hydrogen) atoms. The van der Waals surface area contributed by atoms with Crippen molar-refractivity contribution in [3.05, 3.63) is 72.4 Å². The van der Waals surface area contributed by atoms with Crippen molar-refractivity contribution in [2.75, 3.05) is 5.32 Å². The van der Waals surface area contributed by atoms with Crippen molar-refractivity contribution in [3.8, 4) is 0 Å². The standard InChI is InChI=1S/C20H21ClN2/c21-20-16(14-22-18-10-3-1-4-11-18)8-7-9-17(20)15-23-19-12-5-2-6-13-19/h1-6,10-16,20,23H,7-9H2. The van der Waals surface area contributed by atoms with Crippen molar-refractivity contribution in [2.45, 2.75) is 24.6 Å². The Kier molecular flexibility index (Phi) is 5.49. The van der Waals surface area contributed by atoms with E-state index in [1.807, 2.05) is 54.7 Å². The molecule has 3 heteroatoms. The highest BCUT2D eigenvalue weighted by Gasteiger charge is 2.25. The van der Waals surface area contributed by atoms with Gasteiger partial charge in [-0.3, -0.25) is 4.99 Å². The fraction of sp³-hybridized carbons (Fsp3) is 0.250. The predicted molar refractivity (Wildman–Crippen MR) is 99.7 cm³/mol. The van der Waals surface area contributed by atoms with Gasteiger partial charge >= 0.3 is 0 Å². The third kappa shape index (κ3) is 4.46. The van der Waals surface area contributed by atoms with Gasteiger partial charge in [-0.25, -0.2) is 0 Å². The lowest BCUT2D eigenvalue weighted by Gasteiger charge is -2.27. The summed E-state index contributed by atoms with van der Waals surface area (Å²) in [6.45, 7) is 0. The third-order valence-corrected chi connectivity index (χ3v) is 4.71. The molecule has 1 saturated carbocycles. The number of hydrogen-bond donors (Lipinski definition) is 1. The Morgan fingerprint density at radius 1 is 1.00 bits per heavy atom. The lowest BCUT2D eigenvalue weighted by molar-refractivity contribution is 0.532. The second-order valence-electron chi connectivity index (χ2n) is 5.80. The molecule has 2 nitrogen and oxygen atoms in total. The van der Waals surface area contributed by atoms with Crippen LogP contribution < -0.4 is 5.32 Å². The zero-order chi connectivity index (χ0) is 15.9. The van der Waals surface area contributed by atoms with E-state index < -0.39 is 0 Å². The number of nitrogens with zero attached hydrogens (tertiary/aromatic N) is 1. The molecule has 0 radical (unpaired) electrons. The molecule has 0 aliphatic heterocycles. The van der Waals surface area contributed by atoms with Gasteiger partial charge in [0, 0.05) is 24.0 Å². The number of nitrogens with one attached hydrogen (secondary N) is 1. The number of para-hydroxylation sites is 2. The van der Waals surface area contributed by atoms with Crippen LogP contribution in [0.2, 0.25) is 0 Å². The van der Waals surface area contributed by atoms with Gasteiger partial charge in [0.15, 0.2) is 0 Å². The second-order valence-corrected chi connectivity index (χ2v) is 6.27. The largest absolute Gasteiger partial charge is 0.362 e. The summed E-state index contributed by atoms with van der Waals surface area (Å²) < 4.78 is 0. The summed E-state index contributed by atoms with van der Waals surface area (Å²) >= 11 is 6.68. The molecule has 0 heterocycles. The van der Waals surface area contributed by atoms with Gasteiger partial charge in [-0.1, -0.05) is 36.4 Å². The lowest BCUT2D eigenvalue weighted by Crippen LogP contribution is -2.24. The predicted octanol–water partition coefficient (Wildman–Crippen LogP) is 5.79. The summed E-state index contributed by atoms with van der Waals surface area (Å²) in [6, 6.07) is 20.2. The summed E-state index contributed by atoms with van der Waals surface area (Å²) in [4.78, 5) is 4.58. The van der Waals surface area contributed by atoms with E-state index in [1.165, 1.54) is 5.57 Å². The summed E-state index contributed by atoms with van der Waals surface area (Å²) in [5.74, 6) is 0.287. The van der Waals surface area contributed by atoms with Gasteiger partial charge in [0.1, 0.15) is 0 Å². The number of benzene rings is 2. The average Bonchev–Trinajstić information content (AvgIpc) is 2.61. The van der Waals surface area contributed by atoms with E-state index >= 15 is 0 Å². The molecule has 118 valence electrons. The Bertz CT molecular complexity index is 665. The zero-order valence-electron chi connectivity index (χ0n) is 13.0. The van der Waals surface area contributed by atoms with Gasteiger partial charge < -0.3 is 5.32 Å². The highest BCUT2D eigenvalue weighted by Crippen LogP contribution is 2.32. The summed E-state index contributed by atoms with van der Waals surface area (Å²) in [6.07, 6.45) is 7.37. The second kappa shape index (κ2) is 7.98. The van der Waals surface area contributed by atoms with Crippen LogP contribution in [0.4, 0.5) is 11.4 Å². The molecule has 0 spiro atoms. The minimum absolute atomic E-state index is 0.00687. The van der Waals surface area contributed by atoms with Gasteiger partial charge in [-0.2, -0.15) is 0 Å². The average molecular weight is 325 g/mol. The van der Waals surface area contributed by atoms with Gasteiger partial charge in [0.05, 0.1) is 11.1 Å². The number of allylic oxidation sites excluding steroid dienone is 1. The Morgan fingerprint density at radius 3 is 2.43 bits per heavy atom. The lowest BCUT2D eigenvalue weighted by atomic mass is 9.86. The Labute approximate surface area is 142 Å². The number of rotatable bonds is 4. The zero-order valence-corrected chi connectivity index (χ0v) is 13.8. The van der Waals surface area contributed by atoms with Crippen molar-refractivity contribution < 1.29 is 0 Å². The van der Waals surface area contributed by atoms with Gasteiger partial charge in [-0.05, 0) is 49.1 Å². The summed E-state index contributed by atoms with van der Waals surface area (Å²) in [5.41, 5.74) is 3.32. The molecule has 1 aliphatic rings. The smallest absolute Gasteiger partial charge is 0.0639 e. The molecule has 1 N–H and O–H groups in total. The van der Waals surface area contributed by atoms with Crippen molar-refractivity contribution in [3.63, 3.8) is 0 Å². The highest BCUT2D eigenvalue weighted by molar-refractivity contribution is 6.23. The maximum Gasteiger partial charge on any atom is 0.0639 e. The summed E-state index contributed by atoms with van der Waals surface area (Å²) in [5, 5.41) is 3.36. The quantitative estimate of drug-likeness (QED) is 0.558. The maximum absolute atomic E-state index is 6.68. The Balaban J connectivity index is 1.66. The first-order chi connectivity index (χ1) is 11.3. The van der Waals surface area contributed by atoms with Crippen LogP contribution in [0.3, 0.4) is 0 Å². The molecule has 2 atom stereocenters. The van der Waals surface area contributed by atoms with E-state index in [0.717, 1.165) is 30.6 Å². The number of anilines is 1. The van der Waals surface area contributed by atoms with E-state index in [-0.39, 0.29) is 11.3 Å². The van der Waals surface area contributed by atoms with Crippen LogP contribution in [-0.4, -0.2) is 11.6 Å². The number of halogens is 1. The Morgan fingerprint density at radius 2 is 1.70 bits per heavy atom. The first-order valence-electron chi connectivity index (χ1n) is 8.07. The number of aliphatic imine (C=N–C) groups is 1. The van der Waals surface area contributed by atoms with Crippen molar-refractivity contribution in [2.24, 2.45) is 10.9 Å². The third-order valence-electron chi connectivity index (χ3n) is 4.10. The fourth-order valence-electron chi connectivity index (χ4n) is 2.81. The SMILES string of the molecule is ClC1C(=CNc2ccccc2)CCCC1C=Nc1ccccc1. The molecule has 3 rings (SSSR count). The number of hydrogen-bond acceptors (Lipinski definition) is 2. The van der Waals surface area contributed by atoms with Crippen LogP contribution in [0.15, 0.2) is 77.4 Å². The molecule has 0 amide bonds. The van der Waals surface area contributed by atoms with Crippen LogP contribution in [0, 0.1) is 5.92 Å². The molecular weight excluding hydrogens is 304 g/mol. The first-order valence-corrected chi connectivity index (χ1v) is 8.50. The molecule has 0 aromatic heterocycles. The van der Waals surface area contributed by atoms with E-state index in [4.69, 9.17) is 11.6 Å². The minimum atomic E-state index is 0.00687. The van der Waals surface area contributed by atoms with E-state index in [9.17, 15) is 0 Å². The minimum Gasteiger partial charge on any atom is -0.362 e. The normalized spacial score (nSPS) is 23.3. The fourth-order valence-corrected chi connectivity index (χ4v) is 3.17. The number of alkyl halides is 1. The van der Waals surface area contributed by atoms with Crippen LogP contribution >= 0.6 is 11.6 Å². The molecular formula is C20H21ClN2.